The lowest BCUT2D eigenvalue weighted by Gasteiger charge is -2.34. The fourth-order valence-corrected chi connectivity index (χ4v) is 7.04. The second-order valence-corrected chi connectivity index (χ2v) is 13.8. The number of sulfonamides is 1. The molecule has 0 saturated heterocycles. The molecular weight excluding hydrogens is 582 g/mol. The molecule has 1 fully saturated rings. The van der Waals surface area contributed by atoms with Crippen molar-refractivity contribution in [2.75, 3.05) is 10.8 Å². The molecule has 4 rings (SSSR count). The van der Waals surface area contributed by atoms with Gasteiger partial charge in [0.15, 0.2) is 0 Å². The van der Waals surface area contributed by atoms with E-state index in [9.17, 15) is 18.0 Å². The molecule has 3 aromatic carbocycles. The Hall–Kier alpha value is -3.36. The van der Waals surface area contributed by atoms with Crippen molar-refractivity contribution in [3.05, 3.63) is 94.0 Å². The van der Waals surface area contributed by atoms with Gasteiger partial charge in [0.25, 0.3) is 10.0 Å². The minimum atomic E-state index is -4.16. The Morgan fingerprint density at radius 2 is 1.51 bits per heavy atom. The molecule has 43 heavy (non-hydrogen) atoms. The molecular formula is C34H42ClN3O4S. The first-order valence-corrected chi connectivity index (χ1v) is 16.8. The number of rotatable bonds is 11. The third kappa shape index (κ3) is 8.18. The molecule has 1 saturated carbocycles. The lowest BCUT2D eigenvalue weighted by Crippen LogP contribution is -2.54. The molecule has 9 heteroatoms. The Balaban J connectivity index is 1.72. The summed E-state index contributed by atoms with van der Waals surface area (Å²) in [5, 5.41) is 3.57. The van der Waals surface area contributed by atoms with Gasteiger partial charge in [0.2, 0.25) is 11.8 Å². The Bertz CT molecular complexity index is 1520. The summed E-state index contributed by atoms with van der Waals surface area (Å²) in [6.07, 6.45) is 5.53. The van der Waals surface area contributed by atoms with Gasteiger partial charge >= 0.3 is 0 Å². The molecule has 1 aliphatic rings. The van der Waals surface area contributed by atoms with Crippen LogP contribution in [-0.4, -0.2) is 43.8 Å². The van der Waals surface area contributed by atoms with E-state index in [0.717, 1.165) is 58.7 Å². The SMILES string of the molecule is CCC(C(=O)NC1CCCCC1)N(Cc1ccc(C)cc1)C(=O)CN(c1ccc(C)c(Cl)c1)S(=O)(=O)c1ccc(C)cc1. The average Bonchev–Trinajstić information content (AvgIpc) is 2.99. The van der Waals surface area contributed by atoms with E-state index in [2.05, 4.69) is 5.32 Å². The van der Waals surface area contributed by atoms with Gasteiger partial charge < -0.3 is 10.2 Å². The lowest BCUT2D eigenvalue weighted by molar-refractivity contribution is -0.140. The van der Waals surface area contributed by atoms with Crippen LogP contribution in [-0.2, 0) is 26.2 Å². The van der Waals surface area contributed by atoms with E-state index in [4.69, 9.17) is 11.6 Å². The largest absolute Gasteiger partial charge is 0.352 e. The van der Waals surface area contributed by atoms with Gasteiger partial charge in [0, 0.05) is 17.6 Å². The van der Waals surface area contributed by atoms with Crippen molar-refractivity contribution in [3.8, 4) is 0 Å². The van der Waals surface area contributed by atoms with E-state index in [0.29, 0.717) is 11.4 Å². The maximum Gasteiger partial charge on any atom is 0.264 e. The number of aryl methyl sites for hydroxylation is 3. The van der Waals surface area contributed by atoms with Crippen LogP contribution < -0.4 is 9.62 Å². The Labute approximate surface area is 261 Å². The van der Waals surface area contributed by atoms with E-state index in [1.807, 2.05) is 52.0 Å². The second kappa shape index (κ2) is 14.4. The average molecular weight is 624 g/mol. The summed E-state index contributed by atoms with van der Waals surface area (Å²) >= 11 is 6.43. The number of hydrogen-bond acceptors (Lipinski definition) is 4. The summed E-state index contributed by atoms with van der Waals surface area (Å²) in [6.45, 7) is 7.25. The molecule has 2 amide bonds. The molecule has 7 nitrogen and oxygen atoms in total. The van der Waals surface area contributed by atoms with Crippen LogP contribution in [0.3, 0.4) is 0 Å². The molecule has 0 spiro atoms. The standard InChI is InChI=1S/C34H42ClN3O4S/c1-5-32(34(40)36-28-9-7-6-8-10-28)37(22-27-16-11-24(2)12-17-27)33(39)23-38(29-18-15-26(4)31(35)21-29)43(41,42)30-19-13-25(3)14-20-30/h11-21,28,32H,5-10,22-23H2,1-4H3,(H,36,40). The minimum absolute atomic E-state index is 0.0646. The zero-order valence-electron chi connectivity index (χ0n) is 25.5. The third-order valence-corrected chi connectivity index (χ3v) is 10.3. The van der Waals surface area contributed by atoms with Crippen LogP contribution >= 0.6 is 11.6 Å². The topological polar surface area (TPSA) is 86.8 Å². The molecule has 0 radical (unpaired) electrons. The van der Waals surface area contributed by atoms with Gasteiger partial charge in [0.05, 0.1) is 10.6 Å². The van der Waals surface area contributed by atoms with Gasteiger partial charge in [0.1, 0.15) is 12.6 Å². The van der Waals surface area contributed by atoms with Crippen LogP contribution in [0.15, 0.2) is 71.6 Å². The number of amides is 2. The number of carbonyl (C=O) groups excluding carboxylic acids is 2. The third-order valence-electron chi connectivity index (χ3n) is 8.14. The van der Waals surface area contributed by atoms with Crippen LogP contribution in [0, 0.1) is 20.8 Å². The highest BCUT2D eigenvalue weighted by Crippen LogP contribution is 2.29. The first-order valence-electron chi connectivity index (χ1n) is 15.0. The number of anilines is 1. The van der Waals surface area contributed by atoms with E-state index >= 15 is 0 Å². The second-order valence-electron chi connectivity index (χ2n) is 11.5. The highest BCUT2D eigenvalue weighted by atomic mass is 35.5. The number of halogens is 1. The smallest absolute Gasteiger partial charge is 0.264 e. The van der Waals surface area contributed by atoms with Crippen LogP contribution in [0.1, 0.15) is 67.7 Å². The predicted molar refractivity (Wildman–Crippen MR) is 173 cm³/mol. The van der Waals surface area contributed by atoms with Crippen molar-refractivity contribution in [1.29, 1.82) is 0 Å². The van der Waals surface area contributed by atoms with Crippen molar-refractivity contribution < 1.29 is 18.0 Å². The number of hydrogen-bond donors (Lipinski definition) is 1. The summed E-state index contributed by atoms with van der Waals surface area (Å²) in [4.78, 5) is 29.5. The molecule has 230 valence electrons. The van der Waals surface area contributed by atoms with E-state index in [1.54, 1.807) is 30.3 Å². The van der Waals surface area contributed by atoms with Crippen LogP contribution in [0.2, 0.25) is 5.02 Å². The van der Waals surface area contributed by atoms with Crippen LogP contribution in [0.4, 0.5) is 5.69 Å². The molecule has 0 aromatic heterocycles. The van der Waals surface area contributed by atoms with Gasteiger partial charge in [-0.25, -0.2) is 8.42 Å². The van der Waals surface area contributed by atoms with E-state index < -0.39 is 28.5 Å². The molecule has 0 heterocycles. The van der Waals surface area contributed by atoms with Gasteiger partial charge in [-0.2, -0.15) is 0 Å². The fourth-order valence-electron chi connectivity index (χ4n) is 5.46. The summed E-state index contributed by atoms with van der Waals surface area (Å²) in [5.74, 6) is -0.681. The van der Waals surface area contributed by atoms with Crippen LogP contribution in [0.25, 0.3) is 0 Å². The monoisotopic (exact) mass is 623 g/mol. The Kier molecular flexibility index (Phi) is 10.9. The first kappa shape index (κ1) is 32.6. The Morgan fingerprint density at radius 1 is 0.907 bits per heavy atom. The highest BCUT2D eigenvalue weighted by Gasteiger charge is 2.34. The first-order chi connectivity index (χ1) is 20.5. The summed E-state index contributed by atoms with van der Waals surface area (Å²) < 4.78 is 29.2. The van der Waals surface area contributed by atoms with Crippen molar-refractivity contribution in [2.45, 2.75) is 89.7 Å². The number of nitrogens with zero attached hydrogens (tertiary/aromatic N) is 2. The molecule has 1 atom stereocenters. The van der Waals surface area contributed by atoms with Crippen LogP contribution in [0.5, 0.6) is 0 Å². The van der Waals surface area contributed by atoms with E-state index in [-0.39, 0.29) is 29.1 Å². The zero-order chi connectivity index (χ0) is 31.1. The summed E-state index contributed by atoms with van der Waals surface area (Å²) in [5.41, 5.74) is 3.92. The van der Waals surface area contributed by atoms with Crippen molar-refractivity contribution in [3.63, 3.8) is 0 Å². The lowest BCUT2D eigenvalue weighted by atomic mass is 9.95. The summed E-state index contributed by atoms with van der Waals surface area (Å²) in [7, 11) is -4.16. The quantitative estimate of drug-likeness (QED) is 0.257. The molecule has 0 bridgehead atoms. The maximum absolute atomic E-state index is 14.3. The van der Waals surface area contributed by atoms with Gasteiger partial charge in [-0.05, 0) is 75.4 Å². The van der Waals surface area contributed by atoms with Crippen molar-refractivity contribution in [2.24, 2.45) is 0 Å². The van der Waals surface area contributed by atoms with Crippen molar-refractivity contribution >= 4 is 39.1 Å². The number of carbonyl (C=O) groups is 2. The van der Waals surface area contributed by atoms with E-state index in [1.165, 1.54) is 17.0 Å². The van der Waals surface area contributed by atoms with Gasteiger partial charge in [-0.3, -0.25) is 13.9 Å². The molecule has 1 aliphatic carbocycles. The predicted octanol–water partition coefficient (Wildman–Crippen LogP) is 6.72. The minimum Gasteiger partial charge on any atom is -0.352 e. The van der Waals surface area contributed by atoms with Crippen molar-refractivity contribution in [1.82, 2.24) is 10.2 Å². The molecule has 1 unspecified atom stereocenters. The highest BCUT2D eigenvalue weighted by molar-refractivity contribution is 7.92. The molecule has 3 aromatic rings. The Morgan fingerprint density at radius 3 is 2.09 bits per heavy atom. The molecule has 1 N–H and O–H groups in total. The molecule has 0 aliphatic heterocycles. The number of benzene rings is 3. The zero-order valence-corrected chi connectivity index (χ0v) is 27.0. The number of nitrogens with one attached hydrogen (secondary N) is 1. The summed E-state index contributed by atoms with van der Waals surface area (Å²) in [6, 6.07) is 18.6. The fraction of sp³-hybridized carbons (Fsp3) is 0.412. The van der Waals surface area contributed by atoms with Gasteiger partial charge in [-0.1, -0.05) is 91.4 Å². The normalized spacial score (nSPS) is 14.6. The van der Waals surface area contributed by atoms with Gasteiger partial charge in [-0.15, -0.1) is 0 Å². The maximum atomic E-state index is 14.3.